The molecule has 2 aromatic heterocycles. The van der Waals surface area contributed by atoms with Gasteiger partial charge in [-0.25, -0.2) is 14.4 Å². The number of ether oxygens (including phenoxy) is 1. The number of hydrogen-bond donors (Lipinski definition) is 5. The predicted octanol–water partition coefficient (Wildman–Crippen LogP) is 3.98. The molecule has 35 heavy (non-hydrogen) atoms. The summed E-state index contributed by atoms with van der Waals surface area (Å²) in [4.78, 5) is 8.90. The van der Waals surface area contributed by atoms with Crippen LogP contribution in [0, 0.1) is 5.82 Å². The Morgan fingerprint density at radius 2 is 1.94 bits per heavy atom. The molecule has 0 aromatic carbocycles. The third kappa shape index (κ3) is 7.13. The van der Waals surface area contributed by atoms with Gasteiger partial charge in [0, 0.05) is 42.9 Å². The Kier molecular flexibility index (Phi) is 8.54. The number of aliphatic hydroxyl groups is 1. The van der Waals surface area contributed by atoms with Crippen molar-refractivity contribution >= 4 is 11.6 Å². The highest BCUT2D eigenvalue weighted by atomic mass is 19.1. The van der Waals surface area contributed by atoms with Crippen molar-refractivity contribution in [2.24, 2.45) is 5.73 Å². The second kappa shape index (κ2) is 11.8. The van der Waals surface area contributed by atoms with Crippen LogP contribution in [0.3, 0.4) is 0 Å². The topological polar surface area (TPSA) is 117 Å². The summed E-state index contributed by atoms with van der Waals surface area (Å²) in [6.07, 6.45) is 8.52. The molecular formula is C26H37FN6O2. The largest absolute Gasteiger partial charge is 0.511 e. The lowest BCUT2D eigenvalue weighted by molar-refractivity contribution is 0.0574. The number of hydrogen-bond acceptors (Lipinski definition) is 8. The van der Waals surface area contributed by atoms with Crippen molar-refractivity contribution in [1.29, 1.82) is 0 Å². The predicted molar refractivity (Wildman–Crippen MR) is 137 cm³/mol. The zero-order valence-corrected chi connectivity index (χ0v) is 20.4. The van der Waals surface area contributed by atoms with Crippen molar-refractivity contribution in [1.82, 2.24) is 15.3 Å². The van der Waals surface area contributed by atoms with Gasteiger partial charge in [0.2, 0.25) is 0 Å². The molecule has 2 aromatic rings. The summed E-state index contributed by atoms with van der Waals surface area (Å²) in [7, 11) is 0. The van der Waals surface area contributed by atoms with Gasteiger partial charge >= 0.3 is 0 Å². The van der Waals surface area contributed by atoms with E-state index in [0.29, 0.717) is 61.0 Å². The number of halogens is 1. The number of nitrogens with two attached hydrogens (primary N) is 1. The lowest BCUT2D eigenvalue weighted by Crippen LogP contribution is -2.50. The second-order valence-electron chi connectivity index (χ2n) is 9.64. The smallest absolute Gasteiger partial charge is 0.151 e. The number of nitrogens with zero attached hydrogens (tertiary/aromatic N) is 2. The summed E-state index contributed by atoms with van der Waals surface area (Å²) in [5, 5.41) is 19.8. The summed E-state index contributed by atoms with van der Waals surface area (Å²) >= 11 is 0. The fourth-order valence-electron chi connectivity index (χ4n) is 4.62. The first-order chi connectivity index (χ1) is 16.9. The van der Waals surface area contributed by atoms with Crippen molar-refractivity contribution < 1.29 is 14.2 Å². The van der Waals surface area contributed by atoms with Gasteiger partial charge in [0.15, 0.2) is 5.82 Å². The van der Waals surface area contributed by atoms with E-state index in [9.17, 15) is 9.50 Å². The van der Waals surface area contributed by atoms with Gasteiger partial charge in [-0.05, 0) is 69.7 Å². The van der Waals surface area contributed by atoms with Gasteiger partial charge in [-0.15, -0.1) is 0 Å². The van der Waals surface area contributed by atoms with Gasteiger partial charge in [0.25, 0.3) is 0 Å². The normalized spacial score (nSPS) is 22.5. The van der Waals surface area contributed by atoms with Gasteiger partial charge in [-0.1, -0.05) is 6.07 Å². The molecule has 2 aliphatic rings. The fraction of sp³-hybridized carbons (Fsp3) is 0.538. The molecule has 1 aliphatic heterocycles. The van der Waals surface area contributed by atoms with Crippen LogP contribution in [-0.4, -0.2) is 59.0 Å². The average molecular weight is 485 g/mol. The molecule has 8 nitrogen and oxygen atoms in total. The van der Waals surface area contributed by atoms with Crippen molar-refractivity contribution in [3.8, 4) is 11.3 Å². The molecule has 190 valence electrons. The molecule has 9 heteroatoms. The Bertz CT molecular complexity index is 1000. The molecule has 2 fully saturated rings. The van der Waals surface area contributed by atoms with E-state index in [0.717, 1.165) is 38.5 Å². The van der Waals surface area contributed by atoms with E-state index in [1.807, 2.05) is 19.1 Å². The molecule has 6 N–H and O–H groups in total. The molecular weight excluding hydrogens is 447 g/mol. The summed E-state index contributed by atoms with van der Waals surface area (Å²) in [5.41, 5.74) is 7.11. The first-order valence-corrected chi connectivity index (χ1v) is 12.5. The molecule has 0 atom stereocenters. The molecule has 1 aliphatic carbocycles. The van der Waals surface area contributed by atoms with Crippen molar-refractivity contribution in [2.75, 3.05) is 36.9 Å². The summed E-state index contributed by atoms with van der Waals surface area (Å²) < 4.78 is 20.1. The molecule has 3 heterocycles. The highest BCUT2D eigenvalue weighted by Crippen LogP contribution is 2.27. The number of aliphatic hydroxyl groups excluding tert-OH is 1. The Labute approximate surface area is 206 Å². The maximum Gasteiger partial charge on any atom is 0.151 e. The molecule has 0 radical (unpaired) electrons. The van der Waals surface area contributed by atoms with Gasteiger partial charge in [-0.2, -0.15) is 0 Å². The lowest BCUT2D eigenvalue weighted by Gasteiger charge is -2.33. The minimum atomic E-state index is -0.406. The lowest BCUT2D eigenvalue weighted by atomic mass is 9.91. The van der Waals surface area contributed by atoms with Gasteiger partial charge in [0.05, 0.1) is 18.4 Å². The van der Waals surface area contributed by atoms with Crippen LogP contribution in [0.5, 0.6) is 0 Å². The zero-order chi connectivity index (χ0) is 24.7. The second-order valence-corrected chi connectivity index (χ2v) is 9.64. The van der Waals surface area contributed by atoms with Crippen LogP contribution >= 0.6 is 0 Å². The molecule has 0 spiro atoms. The van der Waals surface area contributed by atoms with E-state index in [1.54, 1.807) is 18.2 Å². The highest BCUT2D eigenvalue weighted by molar-refractivity contribution is 5.65. The van der Waals surface area contributed by atoms with Gasteiger partial charge in [0.1, 0.15) is 17.4 Å². The van der Waals surface area contributed by atoms with E-state index in [1.165, 1.54) is 6.20 Å². The van der Waals surface area contributed by atoms with Crippen molar-refractivity contribution in [3.05, 3.63) is 48.1 Å². The Morgan fingerprint density at radius 3 is 2.69 bits per heavy atom. The third-order valence-corrected chi connectivity index (χ3v) is 6.97. The monoisotopic (exact) mass is 484 g/mol. The maximum absolute atomic E-state index is 14.7. The summed E-state index contributed by atoms with van der Waals surface area (Å²) in [5.74, 6) is 1.27. The third-order valence-electron chi connectivity index (χ3n) is 6.97. The quantitative estimate of drug-likeness (QED) is 0.339. The first-order valence-electron chi connectivity index (χ1n) is 12.5. The maximum atomic E-state index is 14.7. The SMILES string of the molecule is C/C=C(\O)CN[C@H]1CC[C@H](Nc2cc(-c3cccc(NCC4(N)CCOCC4)n3)c(F)cn2)CC1. The molecule has 1 saturated heterocycles. The number of aromatic nitrogens is 2. The number of pyridine rings is 2. The average Bonchev–Trinajstić information content (AvgIpc) is 2.88. The molecule has 4 rings (SSSR count). The molecule has 0 amide bonds. The van der Waals surface area contributed by atoms with Crippen LogP contribution in [0.1, 0.15) is 45.4 Å². The van der Waals surface area contributed by atoms with E-state index >= 15 is 0 Å². The van der Waals surface area contributed by atoms with Gasteiger partial charge < -0.3 is 31.5 Å². The van der Waals surface area contributed by atoms with Crippen LogP contribution in [0.25, 0.3) is 11.3 Å². The summed E-state index contributed by atoms with van der Waals surface area (Å²) in [6, 6.07) is 7.93. The number of nitrogens with one attached hydrogen (secondary N) is 3. The van der Waals surface area contributed by atoms with Crippen LogP contribution in [0.4, 0.5) is 16.0 Å². The van der Waals surface area contributed by atoms with Crippen LogP contribution in [-0.2, 0) is 4.74 Å². The Balaban J connectivity index is 1.36. The number of rotatable bonds is 9. The zero-order valence-electron chi connectivity index (χ0n) is 20.4. The Hall–Kier alpha value is -2.75. The van der Waals surface area contributed by atoms with Crippen LogP contribution in [0.2, 0.25) is 0 Å². The molecule has 1 saturated carbocycles. The molecule has 0 bridgehead atoms. The van der Waals surface area contributed by atoms with E-state index in [4.69, 9.17) is 10.5 Å². The van der Waals surface area contributed by atoms with Crippen LogP contribution in [0.15, 0.2) is 42.3 Å². The van der Waals surface area contributed by atoms with Crippen LogP contribution < -0.4 is 21.7 Å². The molecule has 0 unspecified atom stereocenters. The van der Waals surface area contributed by atoms with Gasteiger partial charge in [-0.3, -0.25) is 0 Å². The van der Waals surface area contributed by atoms with E-state index in [2.05, 4.69) is 25.9 Å². The summed E-state index contributed by atoms with van der Waals surface area (Å²) in [6.45, 7) is 4.25. The highest BCUT2D eigenvalue weighted by Gasteiger charge is 2.28. The minimum absolute atomic E-state index is 0.273. The standard InChI is InChI=1S/C26H37FN6O2/c1-2-20(34)15-29-18-6-8-19(9-7-18)32-25-14-21(22(27)16-30-25)23-4-3-5-24(33-23)31-17-26(28)10-12-35-13-11-26/h2-5,14,16,18-19,29,34H,6-13,15,17,28H2,1H3,(H,30,32)(H,31,33)/b20-2-/t18-,19-. The first kappa shape index (κ1) is 25.3. The Morgan fingerprint density at radius 1 is 1.20 bits per heavy atom. The fourth-order valence-corrected chi connectivity index (χ4v) is 4.62. The van der Waals surface area contributed by atoms with E-state index in [-0.39, 0.29) is 11.6 Å². The number of anilines is 2. The minimum Gasteiger partial charge on any atom is -0.511 e. The van der Waals surface area contributed by atoms with Crippen molar-refractivity contribution in [2.45, 2.75) is 63.1 Å². The number of allylic oxidation sites excluding steroid dienone is 1. The van der Waals surface area contributed by atoms with Crippen molar-refractivity contribution in [3.63, 3.8) is 0 Å². The van der Waals surface area contributed by atoms with E-state index < -0.39 is 5.82 Å².